The number of hydrogen-bond donors (Lipinski definition) is 0. The van der Waals surface area contributed by atoms with Crippen LogP contribution < -0.4 is 0 Å². The van der Waals surface area contributed by atoms with Crippen molar-refractivity contribution in [1.82, 2.24) is 0 Å². The van der Waals surface area contributed by atoms with Crippen molar-refractivity contribution in [3.8, 4) is 0 Å². The first kappa shape index (κ1) is 17.7. The molecule has 0 aliphatic carbocycles. The van der Waals surface area contributed by atoms with Crippen molar-refractivity contribution < 1.29 is 0 Å². The highest BCUT2D eigenvalue weighted by molar-refractivity contribution is 4.81. The van der Waals surface area contributed by atoms with Crippen LogP contribution in [0.3, 0.4) is 0 Å². The van der Waals surface area contributed by atoms with E-state index >= 15 is 0 Å². The molecule has 0 aromatic carbocycles. The van der Waals surface area contributed by atoms with Crippen LogP contribution in [0, 0.1) is 6.92 Å². The zero-order valence-electron chi connectivity index (χ0n) is 12.8. The normalized spacial score (nSPS) is 11.4. The van der Waals surface area contributed by atoms with Gasteiger partial charge >= 0.3 is 0 Å². The van der Waals surface area contributed by atoms with E-state index in [-0.39, 0.29) is 0 Å². The lowest BCUT2D eigenvalue weighted by Gasteiger charge is -1.99. The Labute approximate surface area is 116 Å². The first-order valence-electron chi connectivity index (χ1n) is 8.36. The van der Waals surface area contributed by atoms with E-state index in [9.17, 15) is 0 Å². The van der Waals surface area contributed by atoms with Crippen LogP contribution in [0.2, 0.25) is 0 Å². The molecule has 0 aliphatic rings. The molecule has 0 saturated carbocycles. The lowest BCUT2D eigenvalue weighted by Crippen LogP contribution is -1.79. The minimum Gasteiger partial charge on any atom is -0.0885 e. The number of hydrogen-bond acceptors (Lipinski definition) is 0. The molecule has 0 aliphatic heterocycles. The smallest absolute Gasteiger partial charge is 0.0351 e. The summed E-state index contributed by atoms with van der Waals surface area (Å²) in [5.74, 6) is 0. The molecule has 0 heteroatoms. The molecule has 0 amide bonds. The van der Waals surface area contributed by atoms with Gasteiger partial charge in [-0.15, -0.1) is 0 Å². The maximum absolute atomic E-state index is 3.88. The molecule has 0 aromatic rings. The van der Waals surface area contributed by atoms with Crippen molar-refractivity contribution in [2.45, 2.75) is 96.8 Å². The minimum atomic E-state index is 1.11. The molecule has 0 saturated heterocycles. The summed E-state index contributed by atoms with van der Waals surface area (Å²) in [6, 6.07) is 0. The average molecular weight is 251 g/mol. The maximum atomic E-state index is 3.88. The number of allylic oxidation sites excluding steroid dienone is 2. The Hall–Kier alpha value is -0.260. The van der Waals surface area contributed by atoms with Crippen molar-refractivity contribution >= 4 is 0 Å². The van der Waals surface area contributed by atoms with Gasteiger partial charge in [-0.05, 0) is 25.7 Å². The van der Waals surface area contributed by atoms with Gasteiger partial charge in [0.15, 0.2) is 0 Å². The highest BCUT2D eigenvalue weighted by atomic mass is 14.0. The fraction of sp³-hybridized carbons (Fsp3) is 0.833. The average Bonchev–Trinajstić information content (AvgIpc) is 2.39. The monoisotopic (exact) mass is 251 g/mol. The van der Waals surface area contributed by atoms with Crippen LogP contribution in [0.4, 0.5) is 0 Å². The highest BCUT2D eigenvalue weighted by Gasteiger charge is 1.89. The van der Waals surface area contributed by atoms with Gasteiger partial charge in [-0.25, -0.2) is 0 Å². The van der Waals surface area contributed by atoms with Crippen LogP contribution in [0.25, 0.3) is 0 Å². The van der Waals surface area contributed by atoms with Crippen molar-refractivity contribution in [3.05, 3.63) is 19.1 Å². The molecule has 0 bridgehead atoms. The second-order valence-electron chi connectivity index (χ2n) is 5.44. The molecule has 0 nitrogen and oxygen atoms in total. The van der Waals surface area contributed by atoms with Gasteiger partial charge in [-0.2, -0.15) is 0 Å². The molecule has 0 heterocycles. The van der Waals surface area contributed by atoms with Gasteiger partial charge in [-0.3, -0.25) is 0 Å². The van der Waals surface area contributed by atoms with E-state index in [0.717, 1.165) is 6.42 Å². The van der Waals surface area contributed by atoms with Crippen LogP contribution in [-0.2, 0) is 0 Å². The maximum Gasteiger partial charge on any atom is -0.0351 e. The zero-order chi connectivity index (χ0) is 13.3. The van der Waals surface area contributed by atoms with Crippen LogP contribution >= 0.6 is 0 Å². The summed E-state index contributed by atoms with van der Waals surface area (Å²) in [6.07, 6.45) is 23.8. The summed E-state index contributed by atoms with van der Waals surface area (Å²) >= 11 is 0. The van der Waals surface area contributed by atoms with Crippen LogP contribution in [0.1, 0.15) is 96.8 Å². The molecular formula is C18H35. The lowest BCUT2D eigenvalue weighted by atomic mass is 10.1. The van der Waals surface area contributed by atoms with Crippen molar-refractivity contribution in [2.75, 3.05) is 0 Å². The topological polar surface area (TPSA) is 0 Å². The third-order valence-corrected chi connectivity index (χ3v) is 3.51. The third-order valence-electron chi connectivity index (χ3n) is 3.51. The van der Waals surface area contributed by atoms with E-state index in [1.54, 1.807) is 0 Å². The van der Waals surface area contributed by atoms with Crippen molar-refractivity contribution in [2.24, 2.45) is 0 Å². The summed E-state index contributed by atoms with van der Waals surface area (Å²) in [7, 11) is 0. The van der Waals surface area contributed by atoms with E-state index in [0.29, 0.717) is 0 Å². The van der Waals surface area contributed by atoms with Gasteiger partial charge in [0, 0.05) is 0 Å². The van der Waals surface area contributed by atoms with E-state index in [4.69, 9.17) is 0 Å². The van der Waals surface area contributed by atoms with E-state index in [1.807, 2.05) is 0 Å². The molecule has 0 atom stereocenters. The molecule has 107 valence electrons. The molecule has 0 aromatic heterocycles. The second kappa shape index (κ2) is 16.7. The second-order valence-corrected chi connectivity index (χ2v) is 5.44. The molecular weight excluding hydrogens is 216 g/mol. The molecule has 0 spiro atoms. The Bertz CT molecular complexity index is 157. The molecule has 0 N–H and O–H groups in total. The van der Waals surface area contributed by atoms with Gasteiger partial charge in [0.1, 0.15) is 0 Å². The zero-order valence-corrected chi connectivity index (χ0v) is 12.8. The molecule has 0 fully saturated rings. The Balaban J connectivity index is 3.00. The van der Waals surface area contributed by atoms with Crippen LogP contribution in [0.15, 0.2) is 12.2 Å². The predicted octanol–water partition coefficient (Wildman–Crippen LogP) is 6.86. The Morgan fingerprint density at radius 2 is 1.06 bits per heavy atom. The highest BCUT2D eigenvalue weighted by Crippen LogP contribution is 2.09. The predicted molar refractivity (Wildman–Crippen MR) is 84.8 cm³/mol. The summed E-state index contributed by atoms with van der Waals surface area (Å²) < 4.78 is 0. The van der Waals surface area contributed by atoms with Crippen LogP contribution in [0.5, 0.6) is 0 Å². The number of unbranched alkanes of at least 4 members (excludes halogenated alkanes) is 12. The first-order chi connectivity index (χ1) is 8.91. The van der Waals surface area contributed by atoms with Gasteiger partial charge in [0.05, 0.1) is 0 Å². The van der Waals surface area contributed by atoms with Gasteiger partial charge in [0.25, 0.3) is 0 Å². The molecule has 0 rings (SSSR count). The van der Waals surface area contributed by atoms with Crippen molar-refractivity contribution in [1.29, 1.82) is 0 Å². The SMILES string of the molecule is [CH2]CCCCCCCCC=CCCCCCCC. The Morgan fingerprint density at radius 1 is 0.611 bits per heavy atom. The number of rotatable bonds is 14. The van der Waals surface area contributed by atoms with Crippen LogP contribution in [-0.4, -0.2) is 0 Å². The Morgan fingerprint density at radius 3 is 1.56 bits per heavy atom. The van der Waals surface area contributed by atoms with Gasteiger partial charge < -0.3 is 0 Å². The Kier molecular flexibility index (Phi) is 16.5. The fourth-order valence-corrected chi connectivity index (χ4v) is 2.25. The van der Waals surface area contributed by atoms with Gasteiger partial charge in [-0.1, -0.05) is 90.2 Å². The minimum absolute atomic E-state index is 1.11. The molecule has 1 radical (unpaired) electrons. The van der Waals surface area contributed by atoms with Crippen molar-refractivity contribution in [3.63, 3.8) is 0 Å². The summed E-state index contributed by atoms with van der Waals surface area (Å²) in [6.45, 7) is 6.15. The van der Waals surface area contributed by atoms with Gasteiger partial charge in [0.2, 0.25) is 0 Å². The quantitative estimate of drug-likeness (QED) is 0.234. The summed E-state index contributed by atoms with van der Waals surface area (Å²) in [5, 5.41) is 0. The first-order valence-corrected chi connectivity index (χ1v) is 8.36. The summed E-state index contributed by atoms with van der Waals surface area (Å²) in [5.41, 5.74) is 0. The van der Waals surface area contributed by atoms with E-state index < -0.39 is 0 Å². The standard InChI is InChI=1S/C18H35/c1-3-5-7-9-11-13-15-17-18-16-14-12-10-8-6-4-2/h16,18H,1,3-15,17H2,2H3. The fourth-order valence-electron chi connectivity index (χ4n) is 2.25. The largest absolute Gasteiger partial charge is 0.0885 e. The lowest BCUT2D eigenvalue weighted by molar-refractivity contribution is 0.599. The molecule has 18 heavy (non-hydrogen) atoms. The summed E-state index contributed by atoms with van der Waals surface area (Å²) in [4.78, 5) is 0. The van der Waals surface area contributed by atoms with E-state index in [1.165, 1.54) is 83.5 Å². The molecule has 0 unspecified atom stereocenters. The third kappa shape index (κ3) is 15.7. The van der Waals surface area contributed by atoms with E-state index in [2.05, 4.69) is 26.0 Å².